The van der Waals surface area contributed by atoms with Gasteiger partial charge in [-0.3, -0.25) is 9.88 Å². The zero-order valence-corrected chi connectivity index (χ0v) is 11.6. The zero-order chi connectivity index (χ0) is 13.8. The van der Waals surface area contributed by atoms with Crippen molar-refractivity contribution in [2.45, 2.75) is 38.6 Å². The third-order valence-corrected chi connectivity index (χ3v) is 3.79. The average Bonchev–Trinajstić information content (AvgIpc) is 3.33. The van der Waals surface area contributed by atoms with Crippen LogP contribution in [0.5, 0.6) is 0 Å². The molecule has 1 aliphatic carbocycles. The number of pyridine rings is 1. The molecule has 0 aliphatic heterocycles. The normalized spacial score (nSPS) is 14.7. The van der Waals surface area contributed by atoms with Gasteiger partial charge in [0.05, 0.1) is 6.61 Å². The Morgan fingerprint density at radius 2 is 1.45 bits per heavy atom. The topological polar surface area (TPSA) is 36.4 Å². The number of aromatic nitrogens is 1. The monoisotopic (exact) mass is 268 g/mol. The van der Waals surface area contributed by atoms with Gasteiger partial charge < -0.3 is 5.11 Å². The van der Waals surface area contributed by atoms with Crippen LogP contribution in [0.15, 0.2) is 48.8 Å². The Hall–Kier alpha value is -1.71. The van der Waals surface area contributed by atoms with Crippen LogP contribution in [0.2, 0.25) is 0 Å². The molecule has 1 heterocycles. The second kappa shape index (κ2) is 6.16. The van der Waals surface area contributed by atoms with Crippen molar-refractivity contribution in [2.75, 3.05) is 0 Å². The largest absolute Gasteiger partial charge is 0.392 e. The summed E-state index contributed by atoms with van der Waals surface area (Å²) in [5.41, 5.74) is 3.60. The Labute approximate surface area is 119 Å². The fourth-order valence-corrected chi connectivity index (χ4v) is 2.46. The Morgan fingerprint density at radius 3 is 2.00 bits per heavy atom. The Balaban J connectivity index is 1.67. The van der Waals surface area contributed by atoms with Gasteiger partial charge in [-0.1, -0.05) is 24.3 Å². The number of benzene rings is 1. The first-order valence-electron chi connectivity index (χ1n) is 7.17. The van der Waals surface area contributed by atoms with E-state index in [4.69, 9.17) is 5.11 Å². The maximum absolute atomic E-state index is 9.09. The van der Waals surface area contributed by atoms with E-state index in [0.29, 0.717) is 0 Å². The quantitative estimate of drug-likeness (QED) is 0.875. The lowest BCUT2D eigenvalue weighted by Gasteiger charge is -2.22. The molecule has 1 aliphatic rings. The van der Waals surface area contributed by atoms with Crippen molar-refractivity contribution in [3.05, 3.63) is 65.5 Å². The predicted molar refractivity (Wildman–Crippen MR) is 78.9 cm³/mol. The molecular formula is C17H20N2O. The lowest BCUT2D eigenvalue weighted by atomic mass is 10.1. The molecule has 3 rings (SSSR count). The van der Waals surface area contributed by atoms with Crippen LogP contribution in [0.1, 0.15) is 29.5 Å². The summed E-state index contributed by atoms with van der Waals surface area (Å²) in [6, 6.07) is 13.1. The molecule has 0 atom stereocenters. The number of hydrogen-bond acceptors (Lipinski definition) is 3. The van der Waals surface area contributed by atoms with Gasteiger partial charge in [-0.05, 0) is 41.7 Å². The first kappa shape index (κ1) is 13.3. The predicted octanol–water partition coefficient (Wildman–Crippen LogP) is 2.74. The third kappa shape index (κ3) is 3.44. The Bertz CT molecular complexity index is 535. The maximum atomic E-state index is 9.09. The van der Waals surface area contributed by atoms with E-state index in [2.05, 4.69) is 34.1 Å². The van der Waals surface area contributed by atoms with E-state index in [-0.39, 0.29) is 6.61 Å². The van der Waals surface area contributed by atoms with Crippen LogP contribution in [-0.2, 0) is 19.7 Å². The van der Waals surface area contributed by atoms with Gasteiger partial charge in [-0.25, -0.2) is 0 Å². The van der Waals surface area contributed by atoms with Crippen molar-refractivity contribution < 1.29 is 5.11 Å². The Morgan fingerprint density at radius 1 is 0.900 bits per heavy atom. The fourth-order valence-electron chi connectivity index (χ4n) is 2.46. The molecule has 0 spiro atoms. The van der Waals surface area contributed by atoms with Crippen molar-refractivity contribution in [1.82, 2.24) is 9.88 Å². The Kier molecular flexibility index (Phi) is 4.09. The molecule has 3 nitrogen and oxygen atoms in total. The van der Waals surface area contributed by atoms with E-state index in [9.17, 15) is 0 Å². The lowest BCUT2D eigenvalue weighted by Crippen LogP contribution is -2.25. The third-order valence-electron chi connectivity index (χ3n) is 3.79. The summed E-state index contributed by atoms with van der Waals surface area (Å²) >= 11 is 0. The number of aliphatic hydroxyl groups excluding tert-OH is 1. The average molecular weight is 268 g/mol. The molecule has 0 bridgehead atoms. The number of hydrogen-bond donors (Lipinski definition) is 1. The summed E-state index contributed by atoms with van der Waals surface area (Å²) in [7, 11) is 0. The SMILES string of the molecule is OCc1ccc(CN(Cc2ccncc2)C2CC2)cc1. The molecule has 1 N–H and O–H groups in total. The van der Waals surface area contributed by atoms with E-state index in [1.54, 1.807) is 0 Å². The summed E-state index contributed by atoms with van der Waals surface area (Å²) in [6.45, 7) is 2.07. The van der Waals surface area contributed by atoms with Crippen molar-refractivity contribution in [3.8, 4) is 0 Å². The molecule has 0 unspecified atom stereocenters. The van der Waals surface area contributed by atoms with E-state index in [1.807, 2.05) is 24.5 Å². The number of nitrogens with zero attached hydrogens (tertiary/aromatic N) is 2. The molecule has 2 aromatic rings. The van der Waals surface area contributed by atoms with Gasteiger partial charge in [0.15, 0.2) is 0 Å². The molecular weight excluding hydrogens is 248 g/mol. The number of rotatable bonds is 6. The van der Waals surface area contributed by atoms with Crippen LogP contribution in [0, 0.1) is 0 Å². The van der Waals surface area contributed by atoms with Crippen molar-refractivity contribution in [3.63, 3.8) is 0 Å². The first-order valence-corrected chi connectivity index (χ1v) is 7.17. The van der Waals surface area contributed by atoms with Crippen LogP contribution < -0.4 is 0 Å². The van der Waals surface area contributed by atoms with Crippen LogP contribution in [0.4, 0.5) is 0 Å². The molecule has 1 saturated carbocycles. The van der Waals surface area contributed by atoms with Crippen LogP contribution in [0.25, 0.3) is 0 Å². The maximum Gasteiger partial charge on any atom is 0.0681 e. The fraction of sp³-hybridized carbons (Fsp3) is 0.353. The van der Waals surface area contributed by atoms with Crippen molar-refractivity contribution in [2.24, 2.45) is 0 Å². The standard InChI is InChI=1S/C17H20N2O/c20-13-16-3-1-14(2-4-16)11-19(17-5-6-17)12-15-7-9-18-10-8-15/h1-4,7-10,17,20H,5-6,11-13H2. The van der Waals surface area contributed by atoms with Gasteiger partial charge in [-0.15, -0.1) is 0 Å². The number of aliphatic hydroxyl groups is 1. The van der Waals surface area contributed by atoms with E-state index in [0.717, 1.165) is 24.7 Å². The van der Waals surface area contributed by atoms with Crippen LogP contribution in [0.3, 0.4) is 0 Å². The van der Waals surface area contributed by atoms with Gasteiger partial charge in [-0.2, -0.15) is 0 Å². The molecule has 0 saturated heterocycles. The van der Waals surface area contributed by atoms with E-state index in [1.165, 1.54) is 24.0 Å². The highest BCUT2D eigenvalue weighted by Gasteiger charge is 2.28. The second-order valence-corrected chi connectivity index (χ2v) is 5.47. The smallest absolute Gasteiger partial charge is 0.0681 e. The van der Waals surface area contributed by atoms with Gasteiger partial charge in [0.25, 0.3) is 0 Å². The summed E-state index contributed by atoms with van der Waals surface area (Å²) < 4.78 is 0. The summed E-state index contributed by atoms with van der Waals surface area (Å²) in [4.78, 5) is 6.61. The molecule has 0 radical (unpaired) electrons. The zero-order valence-electron chi connectivity index (χ0n) is 11.6. The van der Waals surface area contributed by atoms with Gasteiger partial charge in [0.2, 0.25) is 0 Å². The molecule has 20 heavy (non-hydrogen) atoms. The molecule has 1 aromatic carbocycles. The molecule has 1 fully saturated rings. The minimum atomic E-state index is 0.115. The summed E-state index contributed by atoms with van der Waals surface area (Å²) in [5.74, 6) is 0. The minimum Gasteiger partial charge on any atom is -0.392 e. The minimum absolute atomic E-state index is 0.115. The summed E-state index contributed by atoms with van der Waals surface area (Å²) in [6.07, 6.45) is 6.33. The van der Waals surface area contributed by atoms with E-state index < -0.39 is 0 Å². The second-order valence-electron chi connectivity index (χ2n) is 5.47. The van der Waals surface area contributed by atoms with E-state index >= 15 is 0 Å². The van der Waals surface area contributed by atoms with Gasteiger partial charge in [0, 0.05) is 31.5 Å². The first-order chi connectivity index (χ1) is 9.85. The molecule has 3 heteroatoms. The van der Waals surface area contributed by atoms with Crippen molar-refractivity contribution in [1.29, 1.82) is 0 Å². The molecule has 104 valence electrons. The van der Waals surface area contributed by atoms with Gasteiger partial charge in [0.1, 0.15) is 0 Å². The van der Waals surface area contributed by atoms with Crippen molar-refractivity contribution >= 4 is 0 Å². The van der Waals surface area contributed by atoms with Crippen LogP contribution in [-0.4, -0.2) is 21.0 Å². The summed E-state index contributed by atoms with van der Waals surface area (Å²) in [5, 5.41) is 9.09. The lowest BCUT2D eigenvalue weighted by molar-refractivity contribution is 0.245. The highest BCUT2D eigenvalue weighted by atomic mass is 16.3. The highest BCUT2D eigenvalue weighted by molar-refractivity contribution is 5.22. The van der Waals surface area contributed by atoms with Gasteiger partial charge >= 0.3 is 0 Å². The van der Waals surface area contributed by atoms with Crippen LogP contribution >= 0.6 is 0 Å². The highest BCUT2D eigenvalue weighted by Crippen LogP contribution is 2.29. The molecule has 0 amide bonds. The molecule has 1 aromatic heterocycles.